The van der Waals surface area contributed by atoms with Crippen LogP contribution >= 0.6 is 0 Å². The van der Waals surface area contributed by atoms with Crippen LogP contribution in [0.5, 0.6) is 0 Å². The van der Waals surface area contributed by atoms with Gasteiger partial charge >= 0.3 is 11.9 Å². The highest BCUT2D eigenvalue weighted by atomic mass is 16.6. The van der Waals surface area contributed by atoms with Gasteiger partial charge in [-0.2, -0.15) is 0 Å². The summed E-state index contributed by atoms with van der Waals surface area (Å²) in [7, 11) is 0. The molecule has 5 rings (SSSR count). The number of aliphatic hydroxyl groups excluding tert-OH is 1. The monoisotopic (exact) mass is 688 g/mol. The summed E-state index contributed by atoms with van der Waals surface area (Å²) in [6.45, 7) is 18.7. The van der Waals surface area contributed by atoms with E-state index < -0.39 is 76.3 Å². The Balaban J connectivity index is 1.44. The predicted molar refractivity (Wildman–Crippen MR) is 192 cm³/mol. The molecule has 0 unspecified atom stereocenters. The number of aliphatic hydroxyl groups is 3. The predicted octanol–water partition coefficient (Wildman–Crippen LogP) is 6.58. The first-order valence-electron chi connectivity index (χ1n) is 18.0. The van der Waals surface area contributed by atoms with Gasteiger partial charge in [0.1, 0.15) is 11.7 Å². The summed E-state index contributed by atoms with van der Waals surface area (Å²) in [6.07, 6.45) is 17.0. The molecule has 0 aliphatic heterocycles. The molecule has 0 bridgehead atoms. The summed E-state index contributed by atoms with van der Waals surface area (Å²) < 4.78 is 12.3. The maximum absolute atomic E-state index is 13.6. The van der Waals surface area contributed by atoms with Crippen LogP contribution in [-0.2, 0) is 23.9 Å². The molecule has 0 amide bonds. The average Bonchev–Trinajstić information content (AvgIpc) is 3.43. The van der Waals surface area contributed by atoms with E-state index >= 15 is 0 Å². The number of ketones is 1. The summed E-state index contributed by atoms with van der Waals surface area (Å²) in [6, 6.07) is 0. The fraction of sp³-hybridized carbons (Fsp3) is 0.595. The number of carbonyl (C=O) groups is 3. The number of rotatable bonds is 8. The van der Waals surface area contributed by atoms with E-state index in [9.17, 15) is 29.7 Å². The van der Waals surface area contributed by atoms with Crippen LogP contribution in [0.2, 0.25) is 0 Å². The van der Waals surface area contributed by atoms with E-state index in [1.54, 1.807) is 32.9 Å². The second kappa shape index (κ2) is 13.0. The number of allylic oxidation sites excluding steroid dienone is 9. The second-order valence-electron chi connectivity index (χ2n) is 16.8. The zero-order chi connectivity index (χ0) is 37.2. The van der Waals surface area contributed by atoms with Gasteiger partial charge in [-0.05, 0) is 74.7 Å². The minimum absolute atomic E-state index is 0.141. The molecule has 0 aromatic carbocycles. The molecular weight excluding hydrogens is 632 g/mol. The zero-order valence-corrected chi connectivity index (χ0v) is 31.4. The Bertz CT molecular complexity index is 1680. The highest BCUT2D eigenvalue weighted by Crippen LogP contribution is 2.77. The van der Waals surface area contributed by atoms with Crippen LogP contribution < -0.4 is 0 Å². The van der Waals surface area contributed by atoms with Crippen molar-refractivity contribution in [3.05, 3.63) is 82.0 Å². The molecule has 50 heavy (non-hydrogen) atoms. The highest BCUT2D eigenvalue weighted by molar-refractivity contribution is 6.04. The van der Waals surface area contributed by atoms with Gasteiger partial charge < -0.3 is 24.8 Å². The van der Waals surface area contributed by atoms with E-state index in [1.165, 1.54) is 37.0 Å². The molecule has 0 spiro atoms. The third-order valence-corrected chi connectivity index (χ3v) is 12.6. The van der Waals surface area contributed by atoms with Crippen molar-refractivity contribution < 1.29 is 39.2 Å². The zero-order valence-electron chi connectivity index (χ0n) is 31.4. The molecule has 8 nitrogen and oxygen atoms in total. The van der Waals surface area contributed by atoms with Crippen molar-refractivity contribution >= 4 is 17.7 Å². The number of hydrogen-bond donors (Lipinski definition) is 3. The normalized spacial score (nSPS) is 37.9. The van der Waals surface area contributed by atoms with Crippen molar-refractivity contribution in [1.29, 1.82) is 0 Å². The second-order valence-corrected chi connectivity index (χ2v) is 16.8. The van der Waals surface area contributed by atoms with Crippen LogP contribution in [0.3, 0.4) is 0 Å². The molecule has 3 N–H and O–H groups in total. The van der Waals surface area contributed by atoms with Gasteiger partial charge in [0, 0.05) is 48.5 Å². The number of ether oxygens (including phenoxy) is 2. The number of carbonyl (C=O) groups excluding carboxylic acids is 3. The lowest BCUT2D eigenvalue weighted by Crippen LogP contribution is -2.66. The van der Waals surface area contributed by atoms with Crippen molar-refractivity contribution in [3.63, 3.8) is 0 Å². The minimum atomic E-state index is -1.98. The molecule has 0 heterocycles. The first-order valence-corrected chi connectivity index (χ1v) is 18.0. The third kappa shape index (κ3) is 5.95. The van der Waals surface area contributed by atoms with Crippen LogP contribution in [0.15, 0.2) is 82.0 Å². The standard InChI is InChI=1S/C42H56O8/c1-24(16-17-31-26(3)15-12-18-38(31,7)8)13-11-14-25(2)19-34(45)49-37-28(5)41(48)32(35-39(9,10)42(35,37)50-29(6)44)21-30(23-43)22-40(47)33(41)20-27(4)36(40)46/h11,13-14,16-17,19-21,28,32-33,35,37,43,47-48H,12,15,18,22-23H2,1-10H3/b14-11+,17-16-,24-13-,25-19+/t28-,32+,33-,35-,37-,40-,41-,42-/m1/s1. The average molecular weight is 689 g/mol. The van der Waals surface area contributed by atoms with E-state index in [1.807, 2.05) is 39.0 Å². The summed E-state index contributed by atoms with van der Waals surface area (Å²) in [5.74, 6) is -4.88. The van der Waals surface area contributed by atoms with Crippen LogP contribution in [-0.4, -0.2) is 62.6 Å². The molecule has 8 atom stereocenters. The van der Waals surface area contributed by atoms with E-state index in [0.29, 0.717) is 16.7 Å². The van der Waals surface area contributed by atoms with Crippen molar-refractivity contribution in [1.82, 2.24) is 0 Å². The van der Waals surface area contributed by atoms with E-state index in [2.05, 4.69) is 32.9 Å². The molecule has 5 aliphatic rings. The number of Topliss-reactive ketones (excluding diaryl/α,β-unsaturated/α-hetero) is 1. The summed E-state index contributed by atoms with van der Waals surface area (Å²) in [5.41, 5.74) is -0.346. The Hall–Kier alpha value is -3.33. The largest absolute Gasteiger partial charge is 0.454 e. The molecule has 8 heteroatoms. The van der Waals surface area contributed by atoms with E-state index in [-0.39, 0.29) is 11.8 Å². The Morgan fingerprint density at radius 1 is 1.02 bits per heavy atom. The summed E-state index contributed by atoms with van der Waals surface area (Å²) in [5, 5.41) is 35.0. The summed E-state index contributed by atoms with van der Waals surface area (Å²) >= 11 is 0. The molecule has 0 aromatic heterocycles. The highest BCUT2D eigenvalue weighted by Gasteiger charge is 2.87. The van der Waals surface area contributed by atoms with Crippen LogP contribution in [0.25, 0.3) is 0 Å². The molecule has 272 valence electrons. The molecular formula is C42H56O8. The summed E-state index contributed by atoms with van der Waals surface area (Å²) in [4.78, 5) is 39.6. The fourth-order valence-corrected chi connectivity index (χ4v) is 10.1. The number of esters is 2. The first-order chi connectivity index (χ1) is 23.2. The van der Waals surface area contributed by atoms with Gasteiger partial charge in [-0.15, -0.1) is 0 Å². The number of hydrogen-bond acceptors (Lipinski definition) is 8. The van der Waals surface area contributed by atoms with Gasteiger partial charge in [0.05, 0.1) is 12.2 Å². The molecule has 0 aromatic rings. The van der Waals surface area contributed by atoms with Gasteiger partial charge in [0.25, 0.3) is 0 Å². The molecule has 0 radical (unpaired) electrons. The van der Waals surface area contributed by atoms with Crippen LogP contribution in [0.1, 0.15) is 94.9 Å². The number of fused-ring (bicyclic) bond motifs is 5. The lowest BCUT2D eigenvalue weighted by molar-refractivity contribution is -0.226. The third-order valence-electron chi connectivity index (χ3n) is 12.6. The maximum atomic E-state index is 13.6. The van der Waals surface area contributed by atoms with Gasteiger partial charge in [-0.3, -0.25) is 9.59 Å². The Labute approximate surface area is 297 Å². The van der Waals surface area contributed by atoms with Gasteiger partial charge in [0.15, 0.2) is 11.4 Å². The van der Waals surface area contributed by atoms with Crippen LogP contribution in [0.4, 0.5) is 0 Å². The SMILES string of the molecule is CC(=O)O[C@@]12[C@H](OC(=O)/C=C(C)/C=C/C=C(C)\C=C/C3=C(C)CCCC3(C)C)[C@@H](C)[C@@]3(O)[C@@H](C=C(CO)C[C@]4(O)C(=O)C(C)=C[C@@H]34)[C@@H]1C2(C)C. The quantitative estimate of drug-likeness (QED) is 0.113. The Kier molecular flexibility index (Phi) is 9.87. The topological polar surface area (TPSA) is 130 Å². The first kappa shape index (κ1) is 37.9. The van der Waals surface area contributed by atoms with Crippen molar-refractivity contribution in [2.24, 2.45) is 34.5 Å². The van der Waals surface area contributed by atoms with Crippen molar-refractivity contribution in [3.8, 4) is 0 Å². The van der Waals surface area contributed by atoms with Crippen molar-refractivity contribution in [2.45, 2.75) is 118 Å². The molecule has 2 fully saturated rings. The lowest BCUT2D eigenvalue weighted by Gasteiger charge is -2.53. The minimum Gasteiger partial charge on any atom is -0.454 e. The maximum Gasteiger partial charge on any atom is 0.331 e. The molecule has 2 saturated carbocycles. The van der Waals surface area contributed by atoms with E-state index in [0.717, 1.165) is 12.0 Å². The van der Waals surface area contributed by atoms with Gasteiger partial charge in [-0.1, -0.05) is 88.3 Å². The smallest absolute Gasteiger partial charge is 0.331 e. The van der Waals surface area contributed by atoms with Crippen LogP contribution in [0, 0.1) is 34.5 Å². The fourth-order valence-electron chi connectivity index (χ4n) is 10.1. The lowest BCUT2D eigenvalue weighted by atomic mass is 9.59. The molecule has 5 aliphatic carbocycles. The van der Waals surface area contributed by atoms with E-state index in [4.69, 9.17) is 9.47 Å². The Morgan fingerprint density at radius 2 is 1.70 bits per heavy atom. The van der Waals surface area contributed by atoms with Gasteiger partial charge in [0.2, 0.25) is 0 Å². The molecule has 0 saturated heterocycles. The Morgan fingerprint density at radius 3 is 2.32 bits per heavy atom. The van der Waals surface area contributed by atoms with Gasteiger partial charge in [-0.25, -0.2) is 4.79 Å². The van der Waals surface area contributed by atoms with Crippen molar-refractivity contribution in [2.75, 3.05) is 6.61 Å².